The van der Waals surface area contributed by atoms with Crippen LogP contribution in [0.3, 0.4) is 0 Å². The van der Waals surface area contributed by atoms with Crippen molar-refractivity contribution in [3.8, 4) is 11.5 Å². The van der Waals surface area contributed by atoms with E-state index in [2.05, 4.69) is 6.92 Å². The van der Waals surface area contributed by atoms with E-state index >= 15 is 0 Å². The molecule has 5 rings (SSSR count). The molecule has 3 aromatic rings. The van der Waals surface area contributed by atoms with Crippen molar-refractivity contribution in [1.29, 1.82) is 0 Å². The summed E-state index contributed by atoms with van der Waals surface area (Å²) in [5.41, 5.74) is 3.92. The monoisotopic (exact) mass is 528 g/mol. The molecule has 0 saturated heterocycles. The van der Waals surface area contributed by atoms with Crippen LogP contribution < -0.4 is 9.47 Å². The molecule has 0 amide bonds. The number of benzene rings is 3. The summed E-state index contributed by atoms with van der Waals surface area (Å²) < 4.78 is 12.4. The van der Waals surface area contributed by atoms with Gasteiger partial charge in [-0.25, -0.2) is 5.01 Å². The third kappa shape index (κ3) is 5.25. The summed E-state index contributed by atoms with van der Waals surface area (Å²) in [4.78, 5) is 0. The summed E-state index contributed by atoms with van der Waals surface area (Å²) in [6.07, 6.45) is 5.01. The fourth-order valence-corrected chi connectivity index (χ4v) is 5.28. The zero-order chi connectivity index (χ0) is 24.4. The molecule has 7 heteroatoms. The summed E-state index contributed by atoms with van der Waals surface area (Å²) in [5.74, 6) is 1.51. The highest BCUT2D eigenvalue weighted by molar-refractivity contribution is 6.35. The van der Waals surface area contributed by atoms with Crippen LogP contribution in [0.25, 0.3) is 0 Å². The molecular formula is C28H27Cl3N2O2. The van der Waals surface area contributed by atoms with E-state index in [-0.39, 0.29) is 6.04 Å². The molecule has 2 aliphatic rings. The van der Waals surface area contributed by atoms with E-state index in [1.165, 1.54) is 19.3 Å². The Balaban J connectivity index is 1.43. The number of fused-ring (bicyclic) bond motifs is 3. The smallest absolute Gasteiger partial charge is 0.213 e. The first-order valence-electron chi connectivity index (χ1n) is 12.0. The van der Waals surface area contributed by atoms with Gasteiger partial charge in [0.15, 0.2) is 0 Å². The molecule has 0 unspecified atom stereocenters. The third-order valence-electron chi connectivity index (χ3n) is 6.42. The van der Waals surface area contributed by atoms with Crippen molar-refractivity contribution >= 4 is 40.5 Å². The molecule has 3 aromatic carbocycles. The molecule has 0 aromatic heterocycles. The molecule has 0 fully saturated rings. The predicted octanol–water partition coefficient (Wildman–Crippen LogP) is 8.85. The minimum absolute atomic E-state index is 0.0416. The first-order chi connectivity index (χ1) is 17.0. The SMILES string of the molecule is CCCCCCOc1ccc([C@H]2Oc3c(Cl)cc(Cl)cc3[C@H]3CC(c4ccc(Cl)cc4)=NN32)cc1. The van der Waals surface area contributed by atoms with Gasteiger partial charge in [0.05, 0.1) is 23.4 Å². The van der Waals surface area contributed by atoms with Crippen LogP contribution in [-0.2, 0) is 0 Å². The maximum atomic E-state index is 6.58. The first-order valence-corrected chi connectivity index (χ1v) is 13.2. The van der Waals surface area contributed by atoms with E-state index in [1.54, 1.807) is 6.07 Å². The highest BCUT2D eigenvalue weighted by atomic mass is 35.5. The van der Waals surface area contributed by atoms with Crippen LogP contribution in [-0.4, -0.2) is 17.3 Å². The Morgan fingerprint density at radius 1 is 0.943 bits per heavy atom. The van der Waals surface area contributed by atoms with Crippen molar-refractivity contribution < 1.29 is 9.47 Å². The van der Waals surface area contributed by atoms with Gasteiger partial charge >= 0.3 is 0 Å². The highest BCUT2D eigenvalue weighted by Crippen LogP contribution is 2.50. The second-order valence-corrected chi connectivity index (χ2v) is 10.2. The minimum Gasteiger partial charge on any atom is -0.494 e. The van der Waals surface area contributed by atoms with Crippen molar-refractivity contribution in [2.24, 2.45) is 5.10 Å². The maximum absolute atomic E-state index is 6.58. The molecule has 2 atom stereocenters. The molecule has 0 bridgehead atoms. The summed E-state index contributed by atoms with van der Waals surface area (Å²) >= 11 is 19.0. The van der Waals surface area contributed by atoms with E-state index in [1.807, 2.05) is 59.6 Å². The van der Waals surface area contributed by atoms with Crippen LogP contribution in [0.4, 0.5) is 0 Å². The topological polar surface area (TPSA) is 34.1 Å². The zero-order valence-electron chi connectivity index (χ0n) is 19.5. The molecule has 182 valence electrons. The Morgan fingerprint density at radius 2 is 1.71 bits per heavy atom. The molecule has 0 spiro atoms. The van der Waals surface area contributed by atoms with Crippen LogP contribution in [0.15, 0.2) is 65.8 Å². The number of nitrogens with zero attached hydrogens (tertiary/aromatic N) is 2. The van der Waals surface area contributed by atoms with Crippen LogP contribution in [0.5, 0.6) is 11.5 Å². The predicted molar refractivity (Wildman–Crippen MR) is 143 cm³/mol. The number of hydrogen-bond acceptors (Lipinski definition) is 4. The largest absolute Gasteiger partial charge is 0.494 e. The van der Waals surface area contributed by atoms with Gasteiger partial charge in [-0.1, -0.05) is 73.1 Å². The maximum Gasteiger partial charge on any atom is 0.213 e. The Kier molecular flexibility index (Phi) is 7.43. The molecule has 4 nitrogen and oxygen atoms in total. The highest BCUT2D eigenvalue weighted by Gasteiger charge is 2.42. The fourth-order valence-electron chi connectivity index (χ4n) is 4.60. The number of rotatable bonds is 8. The van der Waals surface area contributed by atoms with Gasteiger partial charge in [0.1, 0.15) is 11.5 Å². The van der Waals surface area contributed by atoms with E-state index < -0.39 is 6.23 Å². The Morgan fingerprint density at radius 3 is 2.46 bits per heavy atom. The lowest BCUT2D eigenvalue weighted by molar-refractivity contribution is -0.0189. The number of unbranched alkanes of at least 4 members (excludes halogenated alkanes) is 3. The van der Waals surface area contributed by atoms with Crippen molar-refractivity contribution in [2.45, 2.75) is 51.3 Å². The van der Waals surface area contributed by atoms with Gasteiger partial charge in [0, 0.05) is 27.6 Å². The summed E-state index contributed by atoms with van der Waals surface area (Å²) in [6, 6.07) is 19.4. The molecule has 0 N–H and O–H groups in total. The molecular weight excluding hydrogens is 503 g/mol. The number of hydrazone groups is 1. The summed E-state index contributed by atoms with van der Waals surface area (Å²) in [5, 5.41) is 8.79. The molecule has 2 heterocycles. The quantitative estimate of drug-likeness (QED) is 0.273. The van der Waals surface area contributed by atoms with Crippen LogP contribution in [0.2, 0.25) is 15.1 Å². The average molecular weight is 530 g/mol. The normalized spacial score (nSPS) is 18.5. The fraction of sp³-hybridized carbons (Fsp3) is 0.321. The Hall–Kier alpha value is -2.40. The molecule has 35 heavy (non-hydrogen) atoms. The minimum atomic E-state index is -0.422. The van der Waals surface area contributed by atoms with E-state index in [9.17, 15) is 0 Å². The van der Waals surface area contributed by atoms with Gasteiger partial charge in [-0.05, 0) is 60.5 Å². The molecule has 0 aliphatic carbocycles. The lowest BCUT2D eigenvalue weighted by Crippen LogP contribution is -2.33. The Labute approximate surface area is 221 Å². The van der Waals surface area contributed by atoms with Crippen LogP contribution in [0.1, 0.15) is 68.0 Å². The van der Waals surface area contributed by atoms with Crippen LogP contribution >= 0.6 is 34.8 Å². The zero-order valence-corrected chi connectivity index (χ0v) is 21.8. The van der Waals surface area contributed by atoms with Crippen LogP contribution in [0, 0.1) is 0 Å². The van der Waals surface area contributed by atoms with Crippen molar-refractivity contribution in [1.82, 2.24) is 5.01 Å². The molecule has 0 saturated carbocycles. The van der Waals surface area contributed by atoms with Crippen molar-refractivity contribution in [2.75, 3.05) is 6.61 Å². The molecule has 0 radical (unpaired) electrons. The summed E-state index contributed by atoms with van der Waals surface area (Å²) in [7, 11) is 0. The summed E-state index contributed by atoms with van der Waals surface area (Å²) in [6.45, 7) is 2.94. The van der Waals surface area contributed by atoms with Gasteiger partial charge < -0.3 is 9.47 Å². The second-order valence-electron chi connectivity index (χ2n) is 8.91. The van der Waals surface area contributed by atoms with E-state index in [0.29, 0.717) is 27.2 Å². The lowest BCUT2D eigenvalue weighted by atomic mass is 9.96. The van der Waals surface area contributed by atoms with Gasteiger partial charge in [-0.2, -0.15) is 5.10 Å². The number of ether oxygens (including phenoxy) is 2. The van der Waals surface area contributed by atoms with Gasteiger partial charge in [0.25, 0.3) is 0 Å². The molecule has 2 aliphatic heterocycles. The third-order valence-corrected chi connectivity index (χ3v) is 7.17. The number of halogens is 3. The standard InChI is InChI=1S/C28H27Cl3N2O2/c1-2-3-4-5-14-34-22-12-8-19(9-13-22)28-33-26(23-15-21(30)16-24(31)27(23)35-28)17-25(32-33)18-6-10-20(29)11-7-18/h6-13,15-16,26,28H,2-5,14,17H2,1H3/t26-,28-/m1/s1. The van der Waals surface area contributed by atoms with Gasteiger partial charge in [-0.3, -0.25) is 0 Å². The van der Waals surface area contributed by atoms with Gasteiger partial charge in [-0.15, -0.1) is 0 Å². The number of hydrogen-bond donors (Lipinski definition) is 0. The average Bonchev–Trinajstić information content (AvgIpc) is 3.30. The van der Waals surface area contributed by atoms with Gasteiger partial charge in [0.2, 0.25) is 6.23 Å². The first kappa shape index (κ1) is 24.3. The van der Waals surface area contributed by atoms with Crippen molar-refractivity contribution in [3.63, 3.8) is 0 Å². The van der Waals surface area contributed by atoms with Crippen molar-refractivity contribution in [3.05, 3.63) is 92.4 Å². The van der Waals surface area contributed by atoms with E-state index in [4.69, 9.17) is 49.4 Å². The second kappa shape index (κ2) is 10.7. The van der Waals surface area contributed by atoms with E-state index in [0.717, 1.165) is 41.2 Å². The Bertz CT molecular complexity index is 1210. The lowest BCUT2D eigenvalue weighted by Gasteiger charge is -2.38.